The molecule has 0 spiro atoms. The van der Waals surface area contributed by atoms with E-state index in [0.717, 1.165) is 45.4 Å². The van der Waals surface area contributed by atoms with Crippen LogP contribution in [0.1, 0.15) is 34.9 Å². The number of aryl methyl sites for hydroxylation is 1. The van der Waals surface area contributed by atoms with Crippen LogP contribution in [0, 0.1) is 6.92 Å². The zero-order valence-electron chi connectivity index (χ0n) is 17.6. The number of rotatable bonds is 7. The van der Waals surface area contributed by atoms with Gasteiger partial charge in [0.15, 0.2) is 5.96 Å². The van der Waals surface area contributed by atoms with Crippen molar-refractivity contribution in [2.24, 2.45) is 4.99 Å². The SMILES string of the molecule is CN=C(NCC(C)c1cccs1)NCC(c1ccc(C)cc1)N1CCOCC1.I. The second-order valence-corrected chi connectivity index (χ2v) is 8.30. The van der Waals surface area contributed by atoms with Gasteiger partial charge in [0, 0.05) is 44.0 Å². The highest BCUT2D eigenvalue weighted by molar-refractivity contribution is 14.0. The predicted molar refractivity (Wildman–Crippen MR) is 134 cm³/mol. The number of nitrogens with one attached hydrogen (secondary N) is 2. The van der Waals surface area contributed by atoms with Crippen LogP contribution in [-0.4, -0.2) is 57.3 Å². The lowest BCUT2D eigenvalue weighted by Crippen LogP contribution is -2.46. The van der Waals surface area contributed by atoms with E-state index in [9.17, 15) is 0 Å². The zero-order valence-corrected chi connectivity index (χ0v) is 20.7. The molecule has 29 heavy (non-hydrogen) atoms. The molecule has 3 rings (SSSR count). The highest BCUT2D eigenvalue weighted by Crippen LogP contribution is 2.22. The van der Waals surface area contributed by atoms with E-state index in [0.29, 0.717) is 12.0 Å². The number of guanidine groups is 1. The van der Waals surface area contributed by atoms with Gasteiger partial charge in [-0.2, -0.15) is 0 Å². The Bertz CT molecular complexity index is 730. The molecule has 2 unspecified atom stereocenters. The van der Waals surface area contributed by atoms with Crippen LogP contribution in [0.4, 0.5) is 0 Å². The third kappa shape index (κ3) is 7.24. The number of hydrogen-bond acceptors (Lipinski definition) is 4. The lowest BCUT2D eigenvalue weighted by molar-refractivity contribution is 0.0170. The Morgan fingerprint density at radius 1 is 1.14 bits per heavy atom. The molecule has 160 valence electrons. The van der Waals surface area contributed by atoms with E-state index in [2.05, 4.69) is 76.2 Å². The number of nitrogens with zero attached hydrogens (tertiary/aromatic N) is 2. The normalized spacial score (nSPS) is 17.3. The van der Waals surface area contributed by atoms with Crippen molar-refractivity contribution in [1.29, 1.82) is 0 Å². The van der Waals surface area contributed by atoms with E-state index in [1.807, 2.05) is 7.05 Å². The van der Waals surface area contributed by atoms with E-state index in [-0.39, 0.29) is 24.0 Å². The average Bonchev–Trinajstić information content (AvgIpc) is 3.27. The van der Waals surface area contributed by atoms with E-state index in [4.69, 9.17) is 4.74 Å². The Balaban J connectivity index is 0.00000300. The Labute approximate surface area is 196 Å². The number of hydrogen-bond donors (Lipinski definition) is 2. The summed E-state index contributed by atoms with van der Waals surface area (Å²) in [7, 11) is 1.83. The maximum absolute atomic E-state index is 5.55. The van der Waals surface area contributed by atoms with Gasteiger partial charge >= 0.3 is 0 Å². The minimum Gasteiger partial charge on any atom is -0.379 e. The van der Waals surface area contributed by atoms with Crippen LogP contribution < -0.4 is 10.6 Å². The lowest BCUT2D eigenvalue weighted by atomic mass is 10.0. The third-order valence-electron chi connectivity index (χ3n) is 5.24. The first-order valence-corrected chi connectivity index (χ1v) is 10.9. The summed E-state index contributed by atoms with van der Waals surface area (Å²) in [5.74, 6) is 1.32. The summed E-state index contributed by atoms with van der Waals surface area (Å²) >= 11 is 1.81. The molecule has 2 atom stereocenters. The van der Waals surface area contributed by atoms with Gasteiger partial charge in [0.25, 0.3) is 0 Å². The molecule has 1 aromatic heterocycles. The largest absolute Gasteiger partial charge is 0.379 e. The van der Waals surface area contributed by atoms with Gasteiger partial charge in [-0.25, -0.2) is 0 Å². The van der Waals surface area contributed by atoms with Gasteiger partial charge in [0.05, 0.1) is 19.3 Å². The number of morpholine rings is 1. The predicted octanol–water partition coefficient (Wildman–Crippen LogP) is 4.02. The molecule has 0 bridgehead atoms. The molecule has 7 heteroatoms. The number of halogens is 1. The number of benzene rings is 1. The molecular formula is C22H33IN4OS. The molecule has 1 aromatic carbocycles. The number of aliphatic imine (C=N–C) groups is 1. The van der Waals surface area contributed by atoms with Crippen molar-refractivity contribution in [3.63, 3.8) is 0 Å². The standard InChI is InChI=1S/C22H32N4OS.HI/c1-17-6-8-19(9-7-17)20(26-10-12-27-13-11-26)16-25-22(23-3)24-15-18(2)21-5-4-14-28-21;/h4-9,14,18,20H,10-13,15-16H2,1-3H3,(H2,23,24,25);1H. The van der Waals surface area contributed by atoms with Gasteiger partial charge in [0.2, 0.25) is 0 Å². The first-order chi connectivity index (χ1) is 13.7. The molecule has 0 aliphatic carbocycles. The Kier molecular flexibility index (Phi) is 10.4. The molecule has 0 amide bonds. The van der Waals surface area contributed by atoms with Crippen molar-refractivity contribution in [1.82, 2.24) is 15.5 Å². The second-order valence-electron chi connectivity index (χ2n) is 7.33. The summed E-state index contributed by atoms with van der Waals surface area (Å²) in [6.07, 6.45) is 0. The van der Waals surface area contributed by atoms with Crippen molar-refractivity contribution in [2.75, 3.05) is 46.4 Å². The number of thiophene rings is 1. The molecule has 1 aliphatic rings. The summed E-state index contributed by atoms with van der Waals surface area (Å²) in [6.45, 7) is 9.58. The van der Waals surface area contributed by atoms with Crippen molar-refractivity contribution >= 4 is 41.3 Å². The summed E-state index contributed by atoms with van der Waals surface area (Å²) in [5.41, 5.74) is 2.62. The van der Waals surface area contributed by atoms with Crippen LogP contribution in [-0.2, 0) is 4.74 Å². The molecule has 1 fully saturated rings. The Morgan fingerprint density at radius 2 is 1.83 bits per heavy atom. The topological polar surface area (TPSA) is 48.9 Å². The summed E-state index contributed by atoms with van der Waals surface area (Å²) in [6, 6.07) is 13.5. The minimum atomic E-state index is 0. The van der Waals surface area contributed by atoms with E-state index < -0.39 is 0 Å². The molecule has 2 N–H and O–H groups in total. The van der Waals surface area contributed by atoms with Gasteiger partial charge in [-0.05, 0) is 23.9 Å². The summed E-state index contributed by atoms with van der Waals surface area (Å²) in [5, 5.41) is 9.15. The van der Waals surface area contributed by atoms with Crippen LogP contribution in [0.2, 0.25) is 0 Å². The fourth-order valence-corrected chi connectivity index (χ4v) is 4.26. The van der Waals surface area contributed by atoms with Gasteiger partial charge < -0.3 is 15.4 Å². The van der Waals surface area contributed by atoms with Crippen LogP contribution in [0.3, 0.4) is 0 Å². The monoisotopic (exact) mass is 528 g/mol. The van der Waals surface area contributed by atoms with Crippen LogP contribution in [0.5, 0.6) is 0 Å². The smallest absolute Gasteiger partial charge is 0.191 e. The maximum atomic E-state index is 5.55. The minimum absolute atomic E-state index is 0. The van der Waals surface area contributed by atoms with Gasteiger partial charge in [0.1, 0.15) is 0 Å². The number of ether oxygens (including phenoxy) is 1. The van der Waals surface area contributed by atoms with Crippen molar-refractivity contribution in [3.05, 3.63) is 57.8 Å². The van der Waals surface area contributed by atoms with Crippen molar-refractivity contribution < 1.29 is 4.74 Å². The van der Waals surface area contributed by atoms with E-state index in [1.54, 1.807) is 11.3 Å². The average molecular weight is 529 g/mol. The maximum Gasteiger partial charge on any atom is 0.191 e. The molecule has 1 saturated heterocycles. The molecule has 0 saturated carbocycles. The van der Waals surface area contributed by atoms with Crippen LogP contribution in [0.25, 0.3) is 0 Å². The molecule has 0 radical (unpaired) electrons. The van der Waals surface area contributed by atoms with Crippen LogP contribution >= 0.6 is 35.3 Å². The van der Waals surface area contributed by atoms with Crippen LogP contribution in [0.15, 0.2) is 46.8 Å². The lowest BCUT2D eigenvalue weighted by Gasteiger charge is -2.35. The summed E-state index contributed by atoms with van der Waals surface area (Å²) in [4.78, 5) is 8.32. The Hall–Kier alpha value is -1.16. The van der Waals surface area contributed by atoms with E-state index in [1.165, 1.54) is 16.0 Å². The highest BCUT2D eigenvalue weighted by atomic mass is 127. The second kappa shape index (κ2) is 12.5. The third-order valence-corrected chi connectivity index (χ3v) is 6.34. The highest BCUT2D eigenvalue weighted by Gasteiger charge is 2.23. The quantitative estimate of drug-likeness (QED) is 0.324. The molecule has 1 aliphatic heterocycles. The van der Waals surface area contributed by atoms with E-state index >= 15 is 0 Å². The van der Waals surface area contributed by atoms with Crippen molar-refractivity contribution in [3.8, 4) is 0 Å². The van der Waals surface area contributed by atoms with Crippen molar-refractivity contribution in [2.45, 2.75) is 25.8 Å². The molecule has 5 nitrogen and oxygen atoms in total. The van der Waals surface area contributed by atoms with Gasteiger partial charge in [-0.3, -0.25) is 9.89 Å². The first-order valence-electron chi connectivity index (χ1n) is 10.0. The Morgan fingerprint density at radius 3 is 2.45 bits per heavy atom. The molecular weight excluding hydrogens is 495 g/mol. The summed E-state index contributed by atoms with van der Waals surface area (Å²) < 4.78 is 5.55. The fourth-order valence-electron chi connectivity index (χ4n) is 3.47. The fraction of sp³-hybridized carbons (Fsp3) is 0.500. The van der Waals surface area contributed by atoms with Gasteiger partial charge in [-0.15, -0.1) is 35.3 Å². The zero-order chi connectivity index (χ0) is 19.8. The van der Waals surface area contributed by atoms with Gasteiger partial charge in [-0.1, -0.05) is 42.8 Å². The first kappa shape index (κ1) is 24.1. The molecule has 2 aromatic rings. The molecule has 2 heterocycles.